The van der Waals surface area contributed by atoms with E-state index in [0.29, 0.717) is 37.6 Å². The van der Waals surface area contributed by atoms with E-state index in [2.05, 4.69) is 20.8 Å². The van der Waals surface area contributed by atoms with E-state index < -0.39 is 9.84 Å². The predicted molar refractivity (Wildman–Crippen MR) is 109 cm³/mol. The first kappa shape index (κ1) is 21.0. The number of piperazine rings is 1. The minimum atomic E-state index is -3.32. The lowest BCUT2D eigenvalue weighted by atomic mass is 10.1. The van der Waals surface area contributed by atoms with Gasteiger partial charge in [-0.2, -0.15) is 0 Å². The summed E-state index contributed by atoms with van der Waals surface area (Å²) in [6.07, 6.45) is 0.248. The van der Waals surface area contributed by atoms with Gasteiger partial charge in [0.1, 0.15) is 5.82 Å². The van der Waals surface area contributed by atoms with Gasteiger partial charge in [-0.1, -0.05) is 28.1 Å². The molecule has 0 atom stereocenters. The lowest BCUT2D eigenvalue weighted by molar-refractivity contribution is -0.132. The molecule has 1 fully saturated rings. The van der Waals surface area contributed by atoms with Crippen LogP contribution < -0.4 is 0 Å². The third-order valence-electron chi connectivity index (χ3n) is 4.84. The van der Waals surface area contributed by atoms with Crippen molar-refractivity contribution in [1.82, 2.24) is 9.80 Å². The third-order valence-corrected chi connectivity index (χ3v) is 7.08. The second kappa shape index (κ2) is 9.15. The van der Waals surface area contributed by atoms with E-state index in [1.807, 2.05) is 0 Å². The lowest BCUT2D eigenvalue weighted by Gasteiger charge is -2.34. The van der Waals surface area contributed by atoms with Crippen LogP contribution in [0, 0.1) is 5.82 Å². The largest absolute Gasteiger partial charge is 0.340 e. The summed E-state index contributed by atoms with van der Waals surface area (Å²) in [6.45, 7) is 2.87. The van der Waals surface area contributed by atoms with Gasteiger partial charge in [0.15, 0.2) is 9.84 Å². The monoisotopic (exact) mass is 468 g/mol. The number of amides is 1. The summed E-state index contributed by atoms with van der Waals surface area (Å²) in [5.41, 5.74) is 0.787. The fraction of sp³-hybridized carbons (Fsp3) is 0.350. The Bertz CT molecular complexity index is 909. The molecule has 2 aromatic rings. The summed E-state index contributed by atoms with van der Waals surface area (Å²) in [7, 11) is -3.32. The van der Waals surface area contributed by atoms with Crippen LogP contribution in [0.4, 0.5) is 4.39 Å². The Balaban J connectivity index is 1.46. The van der Waals surface area contributed by atoms with E-state index in [1.165, 1.54) is 12.1 Å². The van der Waals surface area contributed by atoms with E-state index >= 15 is 0 Å². The number of carbonyl (C=O) groups excluding carboxylic acids is 1. The van der Waals surface area contributed by atoms with Gasteiger partial charge >= 0.3 is 0 Å². The Kier molecular flexibility index (Phi) is 6.85. The topological polar surface area (TPSA) is 57.7 Å². The maximum Gasteiger partial charge on any atom is 0.227 e. The van der Waals surface area contributed by atoms with E-state index in [0.717, 1.165) is 10.0 Å². The van der Waals surface area contributed by atoms with Gasteiger partial charge < -0.3 is 4.90 Å². The zero-order chi connectivity index (χ0) is 20.1. The van der Waals surface area contributed by atoms with Crippen LogP contribution in [0.5, 0.6) is 0 Å². The van der Waals surface area contributed by atoms with E-state index in [1.54, 1.807) is 41.3 Å². The third kappa shape index (κ3) is 5.62. The normalized spacial score (nSPS) is 15.6. The molecule has 0 spiro atoms. The highest BCUT2D eigenvalue weighted by atomic mass is 79.9. The summed E-state index contributed by atoms with van der Waals surface area (Å²) in [6, 6.07) is 12.6. The first-order valence-corrected chi connectivity index (χ1v) is 11.5. The van der Waals surface area contributed by atoms with Crippen LogP contribution in [0.3, 0.4) is 0 Å². The molecule has 0 unspecified atom stereocenters. The van der Waals surface area contributed by atoms with Crippen molar-refractivity contribution in [1.29, 1.82) is 0 Å². The number of sulfone groups is 1. The Morgan fingerprint density at radius 1 is 0.964 bits per heavy atom. The van der Waals surface area contributed by atoms with Crippen molar-refractivity contribution >= 4 is 31.7 Å². The number of halogens is 2. The van der Waals surface area contributed by atoms with Crippen LogP contribution in [0.2, 0.25) is 0 Å². The minimum absolute atomic E-state index is 0.00809. The zero-order valence-electron chi connectivity index (χ0n) is 15.4. The molecule has 0 aliphatic carbocycles. The van der Waals surface area contributed by atoms with Crippen LogP contribution in [0.1, 0.15) is 5.56 Å². The molecule has 0 saturated carbocycles. The second-order valence-electron chi connectivity index (χ2n) is 6.80. The Morgan fingerprint density at radius 3 is 2.18 bits per heavy atom. The fourth-order valence-corrected chi connectivity index (χ4v) is 4.67. The maximum atomic E-state index is 13.0. The van der Waals surface area contributed by atoms with Gasteiger partial charge in [0, 0.05) is 37.2 Å². The van der Waals surface area contributed by atoms with Crippen molar-refractivity contribution in [2.75, 3.05) is 38.5 Å². The van der Waals surface area contributed by atoms with Gasteiger partial charge in [-0.25, -0.2) is 12.8 Å². The number of carbonyl (C=O) groups is 1. The molecule has 0 radical (unpaired) electrons. The van der Waals surface area contributed by atoms with Crippen LogP contribution >= 0.6 is 15.9 Å². The van der Waals surface area contributed by atoms with Crippen LogP contribution in [0.15, 0.2) is 57.9 Å². The standard InChI is InChI=1S/C20H22BrFN2O3S/c21-17-3-7-19(8-4-17)28(26,27)14-13-23-9-11-24(12-10-23)20(25)15-16-1-5-18(22)6-2-16/h1-8H,9-15H2. The van der Waals surface area contributed by atoms with E-state index in [4.69, 9.17) is 0 Å². The molecular weight excluding hydrogens is 447 g/mol. The number of hydrogen-bond donors (Lipinski definition) is 0. The summed E-state index contributed by atoms with van der Waals surface area (Å²) < 4.78 is 38.7. The summed E-state index contributed by atoms with van der Waals surface area (Å²) in [5, 5.41) is 0. The van der Waals surface area contributed by atoms with Gasteiger partial charge in [0.05, 0.1) is 17.1 Å². The molecule has 0 aromatic heterocycles. The van der Waals surface area contributed by atoms with Gasteiger partial charge in [-0.05, 0) is 42.0 Å². The molecule has 1 amide bonds. The Hall–Kier alpha value is -1.77. The molecule has 2 aromatic carbocycles. The molecule has 1 aliphatic rings. The second-order valence-corrected chi connectivity index (χ2v) is 9.82. The molecule has 0 N–H and O–H groups in total. The predicted octanol–water partition coefficient (Wildman–Crippen LogP) is 2.75. The fourth-order valence-electron chi connectivity index (χ4n) is 3.12. The molecule has 3 rings (SSSR count). The molecule has 150 valence electrons. The van der Waals surface area contributed by atoms with Gasteiger partial charge in [0.25, 0.3) is 0 Å². The van der Waals surface area contributed by atoms with Gasteiger partial charge in [-0.3, -0.25) is 9.69 Å². The molecule has 28 heavy (non-hydrogen) atoms. The molecule has 1 saturated heterocycles. The first-order valence-electron chi connectivity index (χ1n) is 9.06. The molecule has 1 heterocycles. The van der Waals surface area contributed by atoms with E-state index in [-0.39, 0.29) is 23.9 Å². The van der Waals surface area contributed by atoms with Crippen molar-refractivity contribution in [2.45, 2.75) is 11.3 Å². The van der Waals surface area contributed by atoms with Crippen LogP contribution in [-0.2, 0) is 21.1 Å². The molecule has 8 heteroatoms. The SMILES string of the molecule is O=C(Cc1ccc(F)cc1)N1CCN(CCS(=O)(=O)c2ccc(Br)cc2)CC1. The summed E-state index contributed by atoms with van der Waals surface area (Å²) in [4.78, 5) is 16.6. The Labute approximate surface area is 173 Å². The number of benzene rings is 2. The average molecular weight is 469 g/mol. The molecule has 0 bridgehead atoms. The smallest absolute Gasteiger partial charge is 0.227 e. The van der Waals surface area contributed by atoms with Gasteiger partial charge in [-0.15, -0.1) is 0 Å². The number of rotatable bonds is 6. The van der Waals surface area contributed by atoms with Crippen LogP contribution in [0.25, 0.3) is 0 Å². The van der Waals surface area contributed by atoms with Crippen molar-refractivity contribution in [3.63, 3.8) is 0 Å². The van der Waals surface area contributed by atoms with Crippen molar-refractivity contribution in [3.05, 3.63) is 64.4 Å². The lowest BCUT2D eigenvalue weighted by Crippen LogP contribution is -2.50. The van der Waals surface area contributed by atoms with E-state index in [9.17, 15) is 17.6 Å². The molecular formula is C20H22BrFN2O3S. The van der Waals surface area contributed by atoms with Crippen molar-refractivity contribution in [2.24, 2.45) is 0 Å². The molecule has 5 nitrogen and oxygen atoms in total. The Morgan fingerprint density at radius 2 is 1.57 bits per heavy atom. The molecule has 1 aliphatic heterocycles. The minimum Gasteiger partial charge on any atom is -0.340 e. The quantitative estimate of drug-likeness (QED) is 0.653. The maximum absolute atomic E-state index is 13.0. The number of nitrogens with zero attached hydrogens (tertiary/aromatic N) is 2. The highest BCUT2D eigenvalue weighted by molar-refractivity contribution is 9.10. The highest BCUT2D eigenvalue weighted by Crippen LogP contribution is 2.16. The zero-order valence-corrected chi connectivity index (χ0v) is 17.8. The summed E-state index contributed by atoms with van der Waals surface area (Å²) >= 11 is 3.30. The summed E-state index contributed by atoms with van der Waals surface area (Å²) in [5.74, 6) is -0.255. The van der Waals surface area contributed by atoms with Crippen molar-refractivity contribution < 1.29 is 17.6 Å². The van der Waals surface area contributed by atoms with Crippen molar-refractivity contribution in [3.8, 4) is 0 Å². The van der Waals surface area contributed by atoms with Gasteiger partial charge in [0.2, 0.25) is 5.91 Å². The number of hydrogen-bond acceptors (Lipinski definition) is 4. The first-order chi connectivity index (χ1) is 13.3. The highest BCUT2D eigenvalue weighted by Gasteiger charge is 2.23. The average Bonchev–Trinajstić information content (AvgIpc) is 2.69. The van der Waals surface area contributed by atoms with Crippen LogP contribution in [-0.4, -0.2) is 62.6 Å².